The van der Waals surface area contributed by atoms with E-state index in [1.807, 2.05) is 36.0 Å². The van der Waals surface area contributed by atoms with Crippen LogP contribution >= 0.6 is 0 Å². The van der Waals surface area contributed by atoms with Crippen molar-refractivity contribution in [1.82, 2.24) is 4.68 Å². The lowest BCUT2D eigenvalue weighted by atomic mass is 10.2. The third kappa shape index (κ3) is 1.84. The molecule has 2 heteroatoms. The highest BCUT2D eigenvalue weighted by atomic mass is 15.3. The molecule has 15 heavy (non-hydrogen) atoms. The third-order valence-corrected chi connectivity index (χ3v) is 2.36. The number of benzene rings is 1. The maximum atomic E-state index is 4.35. The first-order chi connectivity index (χ1) is 7.33. The lowest BCUT2D eigenvalue weighted by molar-refractivity contribution is 0.930. The molecule has 1 aromatic carbocycles. The topological polar surface area (TPSA) is 17.3 Å². The number of rotatable bonds is 2. The van der Waals surface area contributed by atoms with Crippen LogP contribution in [0.15, 0.2) is 47.7 Å². The predicted octanol–water partition coefficient (Wildman–Crippen LogP) is 3.36. The Morgan fingerprint density at radius 3 is 2.87 bits per heavy atom. The van der Waals surface area contributed by atoms with Gasteiger partial charge in [-0.3, -0.25) is 0 Å². The minimum atomic E-state index is 1.15. The summed E-state index contributed by atoms with van der Waals surface area (Å²) in [5.41, 5.74) is 2.40. The van der Waals surface area contributed by atoms with Crippen molar-refractivity contribution in [3.63, 3.8) is 0 Å². The Kier molecular flexibility index (Phi) is 2.68. The van der Waals surface area contributed by atoms with E-state index in [1.54, 1.807) is 6.21 Å². The van der Waals surface area contributed by atoms with Crippen molar-refractivity contribution >= 4 is 17.1 Å². The molecule has 0 fully saturated rings. The smallest absolute Gasteiger partial charge is 0.0721 e. The normalized spacial score (nSPS) is 12.1. The van der Waals surface area contributed by atoms with Crippen LogP contribution in [0.4, 0.5) is 0 Å². The molecule has 0 atom stereocenters. The molecule has 0 aliphatic heterocycles. The molecule has 0 N–H and O–H groups in total. The molecule has 0 saturated carbocycles. The van der Waals surface area contributed by atoms with E-state index >= 15 is 0 Å². The summed E-state index contributed by atoms with van der Waals surface area (Å²) in [5.74, 6) is 0. The second-order valence-electron chi connectivity index (χ2n) is 3.46. The summed E-state index contributed by atoms with van der Waals surface area (Å²) < 4.78 is 1.91. The van der Waals surface area contributed by atoms with Gasteiger partial charge in [0.1, 0.15) is 0 Å². The summed E-state index contributed by atoms with van der Waals surface area (Å²) in [4.78, 5) is 0. The molecule has 2 rings (SSSR count). The minimum Gasteiger partial charge on any atom is -0.240 e. The van der Waals surface area contributed by atoms with E-state index in [0.717, 1.165) is 5.52 Å². The summed E-state index contributed by atoms with van der Waals surface area (Å²) in [5, 5.41) is 5.61. The maximum Gasteiger partial charge on any atom is 0.0721 e. The highest BCUT2D eigenvalue weighted by molar-refractivity contribution is 5.84. The van der Waals surface area contributed by atoms with Crippen molar-refractivity contribution in [2.45, 2.75) is 13.8 Å². The van der Waals surface area contributed by atoms with E-state index in [9.17, 15) is 0 Å². The molecule has 0 aliphatic carbocycles. The summed E-state index contributed by atoms with van der Waals surface area (Å²) >= 11 is 0. The molecule has 0 saturated heterocycles. The average Bonchev–Trinajstić information content (AvgIpc) is 2.58. The van der Waals surface area contributed by atoms with Crippen LogP contribution in [0.5, 0.6) is 0 Å². The van der Waals surface area contributed by atoms with Crippen molar-refractivity contribution in [1.29, 1.82) is 0 Å². The zero-order valence-corrected chi connectivity index (χ0v) is 9.01. The van der Waals surface area contributed by atoms with Gasteiger partial charge in [-0.2, -0.15) is 5.10 Å². The molecular formula is C13H14N2. The lowest BCUT2D eigenvalue weighted by Crippen LogP contribution is -1.84. The van der Waals surface area contributed by atoms with Gasteiger partial charge in [0, 0.05) is 17.8 Å². The number of fused-ring (bicyclic) bond motifs is 1. The van der Waals surface area contributed by atoms with Crippen LogP contribution in [0.1, 0.15) is 12.5 Å². The SMILES string of the molecule is C/C=C/C=N\n1cc(C)c2ccccc21. The van der Waals surface area contributed by atoms with Crippen LogP contribution in [0.3, 0.4) is 0 Å². The van der Waals surface area contributed by atoms with Gasteiger partial charge < -0.3 is 0 Å². The van der Waals surface area contributed by atoms with E-state index in [1.165, 1.54) is 10.9 Å². The number of aromatic nitrogens is 1. The summed E-state index contributed by atoms with van der Waals surface area (Å²) in [6.07, 6.45) is 7.72. The standard InChI is InChI=1S/C13H14N2/c1-3-4-9-14-15-10-11(2)12-7-5-6-8-13(12)15/h3-10H,1-2H3/b4-3+,14-9-. The van der Waals surface area contributed by atoms with Gasteiger partial charge in [-0.05, 0) is 31.6 Å². The van der Waals surface area contributed by atoms with Crippen molar-refractivity contribution in [3.8, 4) is 0 Å². The molecule has 0 spiro atoms. The fourth-order valence-corrected chi connectivity index (χ4v) is 1.62. The van der Waals surface area contributed by atoms with Gasteiger partial charge in [-0.25, -0.2) is 4.68 Å². The van der Waals surface area contributed by atoms with E-state index in [4.69, 9.17) is 0 Å². The number of hydrogen-bond acceptors (Lipinski definition) is 1. The summed E-state index contributed by atoms with van der Waals surface area (Å²) in [7, 11) is 0. The number of allylic oxidation sites excluding steroid dienone is 2. The molecule has 1 aromatic heterocycles. The number of para-hydroxylation sites is 1. The van der Waals surface area contributed by atoms with Crippen LogP contribution < -0.4 is 0 Å². The Hall–Kier alpha value is -1.83. The van der Waals surface area contributed by atoms with Gasteiger partial charge >= 0.3 is 0 Å². The van der Waals surface area contributed by atoms with Gasteiger partial charge in [0.15, 0.2) is 0 Å². The Morgan fingerprint density at radius 2 is 2.07 bits per heavy atom. The molecule has 0 amide bonds. The van der Waals surface area contributed by atoms with Crippen LogP contribution in [0.25, 0.3) is 10.9 Å². The van der Waals surface area contributed by atoms with E-state index < -0.39 is 0 Å². The number of nitrogens with zero attached hydrogens (tertiary/aromatic N) is 2. The van der Waals surface area contributed by atoms with E-state index in [0.29, 0.717) is 0 Å². The fraction of sp³-hybridized carbons (Fsp3) is 0.154. The molecule has 2 nitrogen and oxygen atoms in total. The molecular weight excluding hydrogens is 184 g/mol. The van der Waals surface area contributed by atoms with Crippen molar-refractivity contribution < 1.29 is 0 Å². The Labute approximate surface area is 89.5 Å². The molecule has 0 aliphatic rings. The largest absolute Gasteiger partial charge is 0.240 e. The zero-order chi connectivity index (χ0) is 10.7. The van der Waals surface area contributed by atoms with Crippen LogP contribution in [0.2, 0.25) is 0 Å². The van der Waals surface area contributed by atoms with E-state index in [-0.39, 0.29) is 0 Å². The summed E-state index contributed by atoms with van der Waals surface area (Å²) in [6.45, 7) is 4.08. The van der Waals surface area contributed by atoms with Crippen molar-refractivity contribution in [2.75, 3.05) is 0 Å². The Bertz CT molecular complexity index is 518. The molecule has 0 radical (unpaired) electrons. The molecule has 2 aromatic rings. The monoisotopic (exact) mass is 198 g/mol. The first-order valence-corrected chi connectivity index (χ1v) is 5.05. The fourth-order valence-electron chi connectivity index (χ4n) is 1.62. The second-order valence-corrected chi connectivity index (χ2v) is 3.46. The van der Waals surface area contributed by atoms with Gasteiger partial charge in [-0.15, -0.1) is 0 Å². The second kappa shape index (κ2) is 4.13. The highest BCUT2D eigenvalue weighted by Crippen LogP contribution is 2.19. The van der Waals surface area contributed by atoms with Gasteiger partial charge in [0.25, 0.3) is 0 Å². The number of hydrogen-bond donors (Lipinski definition) is 0. The lowest BCUT2D eigenvalue weighted by Gasteiger charge is -1.94. The average molecular weight is 198 g/mol. The van der Waals surface area contributed by atoms with Gasteiger partial charge in [0.2, 0.25) is 0 Å². The molecule has 0 bridgehead atoms. The first kappa shape index (κ1) is 9.71. The zero-order valence-electron chi connectivity index (χ0n) is 9.01. The van der Waals surface area contributed by atoms with Crippen LogP contribution in [0, 0.1) is 6.92 Å². The minimum absolute atomic E-state index is 1.15. The van der Waals surface area contributed by atoms with Crippen molar-refractivity contribution in [2.24, 2.45) is 5.10 Å². The maximum absolute atomic E-state index is 4.35. The quantitative estimate of drug-likeness (QED) is 0.658. The Morgan fingerprint density at radius 1 is 1.27 bits per heavy atom. The molecule has 0 unspecified atom stereocenters. The van der Waals surface area contributed by atoms with Gasteiger partial charge in [-0.1, -0.05) is 24.3 Å². The third-order valence-electron chi connectivity index (χ3n) is 2.36. The van der Waals surface area contributed by atoms with Crippen LogP contribution in [-0.4, -0.2) is 10.9 Å². The Balaban J connectivity index is 2.52. The van der Waals surface area contributed by atoms with Crippen molar-refractivity contribution in [3.05, 3.63) is 48.2 Å². The van der Waals surface area contributed by atoms with Gasteiger partial charge in [0.05, 0.1) is 5.52 Å². The number of aryl methyl sites for hydroxylation is 1. The predicted molar refractivity (Wildman–Crippen MR) is 65.4 cm³/mol. The molecule has 76 valence electrons. The highest BCUT2D eigenvalue weighted by Gasteiger charge is 2.01. The van der Waals surface area contributed by atoms with E-state index in [2.05, 4.69) is 30.2 Å². The first-order valence-electron chi connectivity index (χ1n) is 5.05. The van der Waals surface area contributed by atoms with Crippen LogP contribution in [-0.2, 0) is 0 Å². The molecule has 1 heterocycles. The summed E-state index contributed by atoms with van der Waals surface area (Å²) in [6, 6.07) is 8.28.